The van der Waals surface area contributed by atoms with Crippen molar-refractivity contribution in [1.29, 1.82) is 0 Å². The third-order valence-electron chi connectivity index (χ3n) is 4.73. The van der Waals surface area contributed by atoms with E-state index in [9.17, 15) is 9.59 Å². The Morgan fingerprint density at radius 2 is 1.90 bits per heavy atom. The molecule has 152 valence electrons. The van der Waals surface area contributed by atoms with Gasteiger partial charge in [0, 0.05) is 30.6 Å². The van der Waals surface area contributed by atoms with Crippen LogP contribution >= 0.6 is 0 Å². The number of ether oxygens (including phenoxy) is 2. The largest absolute Gasteiger partial charge is 0.454 e. The maximum absolute atomic E-state index is 12.5. The Balaban J connectivity index is 1.58. The number of nitrogens with zero attached hydrogens (tertiary/aromatic N) is 4. The summed E-state index contributed by atoms with van der Waals surface area (Å²) >= 11 is 0. The molecule has 0 saturated heterocycles. The van der Waals surface area contributed by atoms with Crippen LogP contribution < -0.4 is 0 Å². The number of esters is 1. The number of Topliss-reactive ketones (excluding diaryl/α,β-unsaturated/α-hetero) is 1. The van der Waals surface area contributed by atoms with Crippen LogP contribution in [-0.4, -0.2) is 51.4 Å². The summed E-state index contributed by atoms with van der Waals surface area (Å²) in [6, 6.07) is 8.82. The van der Waals surface area contributed by atoms with Crippen molar-refractivity contribution in [3.05, 3.63) is 71.1 Å². The molecule has 3 rings (SSSR count). The Labute approximate surface area is 169 Å². The monoisotopic (exact) mass is 396 g/mol. The second-order valence-electron chi connectivity index (χ2n) is 6.72. The van der Waals surface area contributed by atoms with E-state index in [-0.39, 0.29) is 12.4 Å². The quantitative estimate of drug-likeness (QED) is 0.408. The summed E-state index contributed by atoms with van der Waals surface area (Å²) in [5, 5.41) is 4.05. The normalized spacial score (nSPS) is 10.9. The van der Waals surface area contributed by atoms with Gasteiger partial charge in [-0.25, -0.2) is 14.5 Å². The minimum Gasteiger partial charge on any atom is -0.454 e. The second kappa shape index (κ2) is 9.29. The minimum atomic E-state index is -0.529. The summed E-state index contributed by atoms with van der Waals surface area (Å²) in [5.41, 5.74) is 3.75. The second-order valence-corrected chi connectivity index (χ2v) is 6.72. The molecule has 0 aliphatic heterocycles. The number of carbonyl (C=O) groups is 2. The van der Waals surface area contributed by atoms with Crippen LogP contribution in [-0.2, 0) is 22.6 Å². The average molecular weight is 396 g/mol. The molecule has 0 atom stereocenters. The van der Waals surface area contributed by atoms with Gasteiger partial charge in [-0.2, -0.15) is 5.10 Å². The Morgan fingerprint density at radius 3 is 2.55 bits per heavy atom. The standard InChI is InChI=1S/C21H24N4O4/c1-15-10-19(16(2)25(15)8-9-28-3)20(26)12-29-21(27)18-6-4-17(5-7-18)11-24-14-22-13-23-24/h4-7,10,13-14H,8-9,11-12H2,1-3H3. The van der Waals surface area contributed by atoms with E-state index in [1.54, 1.807) is 30.3 Å². The predicted octanol–water partition coefficient (Wildman–Crippen LogP) is 2.43. The molecule has 0 radical (unpaired) electrons. The summed E-state index contributed by atoms with van der Waals surface area (Å²) in [4.78, 5) is 28.7. The molecule has 0 unspecified atom stereocenters. The topological polar surface area (TPSA) is 88.2 Å². The third kappa shape index (κ3) is 4.97. The first-order valence-corrected chi connectivity index (χ1v) is 9.27. The van der Waals surface area contributed by atoms with Crippen molar-refractivity contribution in [1.82, 2.24) is 19.3 Å². The number of carbonyl (C=O) groups excluding carboxylic acids is 2. The van der Waals surface area contributed by atoms with Crippen LogP contribution in [0.25, 0.3) is 0 Å². The minimum absolute atomic E-state index is 0.224. The summed E-state index contributed by atoms with van der Waals surface area (Å²) in [6.07, 6.45) is 3.10. The van der Waals surface area contributed by atoms with Crippen molar-refractivity contribution in [2.24, 2.45) is 0 Å². The molecule has 8 heteroatoms. The fourth-order valence-electron chi connectivity index (χ4n) is 3.15. The van der Waals surface area contributed by atoms with Crippen LogP contribution in [0.2, 0.25) is 0 Å². The number of aromatic nitrogens is 4. The zero-order valence-corrected chi connectivity index (χ0v) is 16.8. The zero-order chi connectivity index (χ0) is 20.8. The van der Waals surface area contributed by atoms with Crippen molar-refractivity contribution in [3.8, 4) is 0 Å². The van der Waals surface area contributed by atoms with E-state index >= 15 is 0 Å². The lowest BCUT2D eigenvalue weighted by molar-refractivity contribution is 0.0474. The molecule has 0 saturated carbocycles. The molecule has 0 amide bonds. The molecule has 0 spiro atoms. The summed E-state index contributed by atoms with van der Waals surface area (Å²) in [6.45, 7) is 5.31. The van der Waals surface area contributed by atoms with Crippen LogP contribution in [0.4, 0.5) is 0 Å². The highest BCUT2D eigenvalue weighted by molar-refractivity contribution is 6.00. The maximum Gasteiger partial charge on any atom is 0.338 e. The highest BCUT2D eigenvalue weighted by Crippen LogP contribution is 2.16. The smallest absolute Gasteiger partial charge is 0.338 e. The number of hydrogen-bond acceptors (Lipinski definition) is 6. The van der Waals surface area contributed by atoms with Gasteiger partial charge < -0.3 is 14.0 Å². The number of aryl methyl sites for hydroxylation is 1. The number of benzene rings is 1. The summed E-state index contributed by atoms with van der Waals surface area (Å²) in [5.74, 6) is -0.753. The van der Waals surface area contributed by atoms with Gasteiger partial charge in [-0.15, -0.1) is 0 Å². The van der Waals surface area contributed by atoms with E-state index < -0.39 is 5.97 Å². The van der Waals surface area contributed by atoms with Crippen LogP contribution in [0.5, 0.6) is 0 Å². The van der Waals surface area contributed by atoms with Crippen molar-refractivity contribution in [2.45, 2.75) is 26.9 Å². The van der Waals surface area contributed by atoms with Gasteiger partial charge >= 0.3 is 5.97 Å². The zero-order valence-electron chi connectivity index (χ0n) is 16.8. The van der Waals surface area contributed by atoms with Crippen molar-refractivity contribution < 1.29 is 19.1 Å². The first-order chi connectivity index (χ1) is 14.0. The molecule has 2 aromatic heterocycles. The van der Waals surface area contributed by atoms with E-state index in [0.717, 1.165) is 17.0 Å². The Hall–Kier alpha value is -3.26. The number of rotatable bonds is 9. The molecule has 0 fully saturated rings. The van der Waals surface area contributed by atoms with Crippen LogP contribution in [0.1, 0.15) is 37.7 Å². The predicted molar refractivity (Wildman–Crippen MR) is 106 cm³/mol. The van der Waals surface area contributed by atoms with Gasteiger partial charge in [0.1, 0.15) is 12.7 Å². The van der Waals surface area contributed by atoms with Gasteiger partial charge in [-0.05, 0) is 37.6 Å². The van der Waals surface area contributed by atoms with Gasteiger partial charge in [0.25, 0.3) is 0 Å². The Kier molecular flexibility index (Phi) is 6.56. The summed E-state index contributed by atoms with van der Waals surface area (Å²) in [7, 11) is 1.64. The van der Waals surface area contributed by atoms with Crippen molar-refractivity contribution in [3.63, 3.8) is 0 Å². The first kappa shape index (κ1) is 20.5. The molecule has 3 aromatic rings. The number of ketones is 1. The van der Waals surface area contributed by atoms with Crippen LogP contribution in [0.3, 0.4) is 0 Å². The molecule has 8 nitrogen and oxygen atoms in total. The Morgan fingerprint density at radius 1 is 1.14 bits per heavy atom. The van der Waals surface area contributed by atoms with Gasteiger partial charge in [-0.3, -0.25) is 4.79 Å². The van der Waals surface area contributed by atoms with E-state index in [0.29, 0.717) is 30.8 Å². The van der Waals surface area contributed by atoms with Crippen molar-refractivity contribution in [2.75, 3.05) is 20.3 Å². The highest BCUT2D eigenvalue weighted by atomic mass is 16.5. The lowest BCUT2D eigenvalue weighted by Crippen LogP contribution is -2.15. The fourth-order valence-corrected chi connectivity index (χ4v) is 3.15. The lowest BCUT2D eigenvalue weighted by Gasteiger charge is -2.09. The van der Waals surface area contributed by atoms with E-state index in [4.69, 9.17) is 9.47 Å². The summed E-state index contributed by atoms with van der Waals surface area (Å²) < 4.78 is 14.0. The van der Waals surface area contributed by atoms with Crippen molar-refractivity contribution >= 4 is 11.8 Å². The van der Waals surface area contributed by atoms with E-state index in [1.807, 2.05) is 36.6 Å². The highest BCUT2D eigenvalue weighted by Gasteiger charge is 2.18. The van der Waals surface area contributed by atoms with E-state index in [1.165, 1.54) is 6.33 Å². The number of hydrogen-bond donors (Lipinski definition) is 0. The lowest BCUT2D eigenvalue weighted by atomic mass is 10.1. The first-order valence-electron chi connectivity index (χ1n) is 9.27. The Bertz CT molecular complexity index is 975. The molecule has 0 aliphatic rings. The van der Waals surface area contributed by atoms with Crippen LogP contribution in [0.15, 0.2) is 43.0 Å². The third-order valence-corrected chi connectivity index (χ3v) is 4.73. The molecule has 0 N–H and O–H groups in total. The van der Waals surface area contributed by atoms with Gasteiger partial charge in [0.05, 0.1) is 18.7 Å². The maximum atomic E-state index is 12.5. The molecular formula is C21H24N4O4. The van der Waals surface area contributed by atoms with Gasteiger partial charge in [0.2, 0.25) is 5.78 Å². The molecule has 0 aliphatic carbocycles. The average Bonchev–Trinajstić information content (AvgIpc) is 3.33. The molecular weight excluding hydrogens is 372 g/mol. The fraction of sp³-hybridized carbons (Fsp3) is 0.333. The number of methoxy groups -OCH3 is 1. The molecule has 0 bridgehead atoms. The van der Waals surface area contributed by atoms with Gasteiger partial charge in [-0.1, -0.05) is 12.1 Å². The van der Waals surface area contributed by atoms with Crippen LogP contribution in [0, 0.1) is 13.8 Å². The SMILES string of the molecule is COCCn1c(C)cc(C(=O)COC(=O)c2ccc(Cn3cncn3)cc2)c1C. The molecule has 2 heterocycles. The van der Waals surface area contributed by atoms with E-state index in [2.05, 4.69) is 10.1 Å². The van der Waals surface area contributed by atoms with Gasteiger partial charge in [0.15, 0.2) is 6.61 Å². The molecule has 1 aromatic carbocycles. The molecule has 29 heavy (non-hydrogen) atoms.